The molecule has 0 amide bonds. The van der Waals surface area contributed by atoms with Crippen LogP contribution < -0.4 is 5.73 Å². The number of ketones is 1. The van der Waals surface area contributed by atoms with Crippen molar-refractivity contribution < 1.29 is 19.4 Å². The number of aliphatic hydroxyl groups excluding tert-OH is 1. The van der Waals surface area contributed by atoms with Crippen LogP contribution in [-0.4, -0.2) is 46.1 Å². The molecule has 198 valence electrons. The number of nitrogens with two attached hydrogens (primary N) is 1. The van der Waals surface area contributed by atoms with Gasteiger partial charge in [-0.1, -0.05) is 40.7 Å². The number of rotatable bonds is 5. The van der Waals surface area contributed by atoms with Gasteiger partial charge in [-0.2, -0.15) is 0 Å². The normalized spacial score (nSPS) is 50.1. The maximum atomic E-state index is 13.5. The number of ether oxygens (including phenoxy) is 1. The number of Topliss-reactive ketones (excluding diaryl/α,β-unsaturated/α-hetero) is 1. The highest BCUT2D eigenvalue weighted by atomic mass is 32.2. The van der Waals surface area contributed by atoms with Gasteiger partial charge in [0.25, 0.3) is 0 Å². The SMILES string of the molecule is C=C[C@]1(C)C[C@@H](OC(=O)CS[C@@H]2CC[C@@H](N)C[C@H]2O)[C@]2(C)C(C)CCC3(CCC(=O)[C@H]32)[C@@H](C)[C@@H]1C. The molecule has 2 bridgehead atoms. The highest BCUT2D eigenvalue weighted by Crippen LogP contribution is 2.69. The minimum atomic E-state index is -0.475. The third kappa shape index (κ3) is 4.44. The van der Waals surface area contributed by atoms with Crippen molar-refractivity contribution in [2.24, 2.45) is 45.7 Å². The first-order chi connectivity index (χ1) is 16.4. The van der Waals surface area contributed by atoms with Crippen molar-refractivity contribution in [3.63, 3.8) is 0 Å². The molecule has 4 aliphatic carbocycles. The van der Waals surface area contributed by atoms with E-state index in [-0.39, 0.29) is 51.3 Å². The van der Waals surface area contributed by atoms with Crippen LogP contribution >= 0.6 is 11.8 Å². The van der Waals surface area contributed by atoms with Crippen molar-refractivity contribution in [1.29, 1.82) is 0 Å². The summed E-state index contributed by atoms with van der Waals surface area (Å²) < 4.78 is 6.40. The molecule has 35 heavy (non-hydrogen) atoms. The van der Waals surface area contributed by atoms with Crippen LogP contribution in [0.1, 0.15) is 86.0 Å². The number of carbonyl (C=O) groups is 2. The summed E-state index contributed by atoms with van der Waals surface area (Å²) in [4.78, 5) is 26.8. The van der Waals surface area contributed by atoms with E-state index in [2.05, 4.69) is 47.3 Å². The Morgan fingerprint density at radius 3 is 2.57 bits per heavy atom. The minimum Gasteiger partial charge on any atom is -0.461 e. The Balaban J connectivity index is 1.62. The summed E-state index contributed by atoms with van der Waals surface area (Å²) in [6.07, 6.45) is 7.99. The fraction of sp³-hybridized carbons (Fsp3) is 0.862. The first-order valence-electron chi connectivity index (χ1n) is 13.8. The Bertz CT molecular complexity index is 849. The number of esters is 1. The molecule has 6 heteroatoms. The number of aliphatic hydroxyl groups is 1. The molecule has 0 aliphatic heterocycles. The van der Waals surface area contributed by atoms with Crippen LogP contribution in [-0.2, 0) is 14.3 Å². The van der Waals surface area contributed by atoms with Gasteiger partial charge >= 0.3 is 5.97 Å². The van der Waals surface area contributed by atoms with Crippen LogP contribution in [0.2, 0.25) is 0 Å². The first-order valence-corrected chi connectivity index (χ1v) is 14.8. The monoisotopic (exact) mass is 505 g/mol. The van der Waals surface area contributed by atoms with E-state index in [0.717, 1.165) is 32.1 Å². The zero-order valence-corrected chi connectivity index (χ0v) is 23.2. The molecular weight excluding hydrogens is 458 g/mol. The smallest absolute Gasteiger partial charge is 0.316 e. The molecular formula is C29H47NO4S. The predicted octanol–water partition coefficient (Wildman–Crippen LogP) is 5.14. The van der Waals surface area contributed by atoms with Gasteiger partial charge in [0.05, 0.1) is 11.9 Å². The van der Waals surface area contributed by atoms with Crippen molar-refractivity contribution >= 4 is 23.5 Å². The van der Waals surface area contributed by atoms with Crippen molar-refractivity contribution in [3.05, 3.63) is 12.7 Å². The van der Waals surface area contributed by atoms with Crippen molar-refractivity contribution in [1.82, 2.24) is 0 Å². The van der Waals surface area contributed by atoms with E-state index >= 15 is 0 Å². The maximum Gasteiger partial charge on any atom is 0.316 e. The first kappa shape index (κ1) is 27.2. The van der Waals surface area contributed by atoms with E-state index < -0.39 is 6.10 Å². The molecule has 4 rings (SSSR count). The molecule has 3 N–H and O–H groups in total. The average molecular weight is 506 g/mol. The molecule has 4 aliphatic rings. The molecule has 0 radical (unpaired) electrons. The molecule has 0 spiro atoms. The lowest BCUT2D eigenvalue weighted by atomic mass is 9.42. The molecule has 5 nitrogen and oxygen atoms in total. The van der Waals surface area contributed by atoms with Crippen molar-refractivity contribution in [3.8, 4) is 0 Å². The molecule has 4 saturated carbocycles. The quantitative estimate of drug-likeness (QED) is 0.397. The molecule has 0 aromatic heterocycles. The van der Waals surface area contributed by atoms with Crippen molar-refractivity contribution in [2.75, 3.05) is 5.75 Å². The summed E-state index contributed by atoms with van der Waals surface area (Å²) in [5.74, 6) is 1.34. The van der Waals surface area contributed by atoms with Gasteiger partial charge < -0.3 is 15.6 Å². The largest absolute Gasteiger partial charge is 0.461 e. The fourth-order valence-corrected chi connectivity index (χ4v) is 9.58. The fourth-order valence-electron chi connectivity index (χ4n) is 8.53. The van der Waals surface area contributed by atoms with Gasteiger partial charge in [-0.3, -0.25) is 9.59 Å². The molecule has 0 aromatic carbocycles. The van der Waals surface area contributed by atoms with E-state index in [0.29, 0.717) is 42.8 Å². The Morgan fingerprint density at radius 1 is 1.20 bits per heavy atom. The van der Waals surface area contributed by atoms with Crippen LogP contribution in [0.15, 0.2) is 12.7 Å². The standard InChI is InChI=1S/C29H47NO4S/c1-7-27(5)15-24(34-25(33)16-35-23-9-8-20(30)14-22(23)32)28(6)17(2)10-12-29(19(4)18(27)3)13-11-21(31)26(28)29/h7,17-20,22-24,26,32H,1,8-16,30H2,2-6H3/t17?,18-,19-,20+,22+,23+,24+,26-,27+,28-,29?/m0/s1. The van der Waals surface area contributed by atoms with Gasteiger partial charge in [-0.25, -0.2) is 0 Å². The third-order valence-corrected chi connectivity index (χ3v) is 12.8. The topological polar surface area (TPSA) is 89.6 Å². The van der Waals surface area contributed by atoms with E-state index in [9.17, 15) is 14.7 Å². The molecule has 11 atom stereocenters. The molecule has 0 saturated heterocycles. The second-order valence-electron chi connectivity index (χ2n) is 12.9. The minimum absolute atomic E-state index is 0.0206. The van der Waals surface area contributed by atoms with E-state index in [4.69, 9.17) is 10.5 Å². The summed E-state index contributed by atoms with van der Waals surface area (Å²) in [5.41, 5.74) is 5.39. The lowest BCUT2D eigenvalue weighted by Gasteiger charge is -2.62. The number of carbonyl (C=O) groups excluding carboxylic acids is 2. The van der Waals surface area contributed by atoms with Gasteiger partial charge in [-0.05, 0) is 73.5 Å². The lowest BCUT2D eigenvalue weighted by molar-refractivity contribution is -0.196. The Kier molecular flexibility index (Phi) is 7.61. The summed E-state index contributed by atoms with van der Waals surface area (Å²) in [6.45, 7) is 15.7. The molecule has 2 unspecified atom stereocenters. The second kappa shape index (κ2) is 9.79. The Hall–Kier alpha value is -0.850. The third-order valence-electron chi connectivity index (χ3n) is 11.4. The van der Waals surface area contributed by atoms with E-state index in [1.54, 1.807) is 0 Å². The van der Waals surface area contributed by atoms with E-state index in [1.165, 1.54) is 11.8 Å². The summed E-state index contributed by atoms with van der Waals surface area (Å²) in [6, 6.07) is 0.0432. The predicted molar refractivity (Wildman–Crippen MR) is 142 cm³/mol. The van der Waals surface area contributed by atoms with Crippen LogP contribution in [0.25, 0.3) is 0 Å². The summed E-state index contributed by atoms with van der Waals surface area (Å²) in [5, 5.41) is 10.4. The number of allylic oxidation sites excluding steroid dienone is 1. The van der Waals surface area contributed by atoms with Gasteiger partial charge in [0.1, 0.15) is 11.9 Å². The van der Waals surface area contributed by atoms with Crippen molar-refractivity contribution in [2.45, 2.75) is 109 Å². The van der Waals surface area contributed by atoms with Gasteiger partial charge in [-0.15, -0.1) is 18.3 Å². The van der Waals surface area contributed by atoms with E-state index in [1.807, 2.05) is 0 Å². The van der Waals surface area contributed by atoms with Gasteiger partial charge in [0, 0.05) is 29.0 Å². The highest BCUT2D eigenvalue weighted by molar-refractivity contribution is 8.00. The summed E-state index contributed by atoms with van der Waals surface area (Å²) >= 11 is 1.49. The summed E-state index contributed by atoms with van der Waals surface area (Å²) in [7, 11) is 0. The molecule has 0 heterocycles. The zero-order valence-electron chi connectivity index (χ0n) is 22.4. The average Bonchev–Trinajstić information content (AvgIpc) is 3.17. The zero-order chi connectivity index (χ0) is 25.8. The number of hydrogen-bond acceptors (Lipinski definition) is 6. The van der Waals surface area contributed by atoms with Crippen LogP contribution in [0.5, 0.6) is 0 Å². The maximum absolute atomic E-state index is 13.5. The second-order valence-corrected chi connectivity index (χ2v) is 14.1. The van der Waals surface area contributed by atoms with Crippen LogP contribution in [0.3, 0.4) is 0 Å². The Morgan fingerprint density at radius 2 is 1.91 bits per heavy atom. The van der Waals surface area contributed by atoms with Gasteiger partial charge in [0.15, 0.2) is 0 Å². The molecule has 4 fully saturated rings. The molecule has 0 aromatic rings. The lowest BCUT2D eigenvalue weighted by Crippen LogP contribution is -2.61. The number of thioether (sulfide) groups is 1. The number of hydrogen-bond donors (Lipinski definition) is 2. The van der Waals surface area contributed by atoms with Gasteiger partial charge in [0.2, 0.25) is 0 Å². The van der Waals surface area contributed by atoms with Crippen LogP contribution in [0, 0.1) is 39.9 Å². The Labute approximate surface area is 216 Å². The van der Waals surface area contributed by atoms with Crippen LogP contribution in [0.4, 0.5) is 0 Å². The highest BCUT2D eigenvalue weighted by Gasteiger charge is 2.67.